The van der Waals surface area contributed by atoms with Crippen LogP contribution in [0, 0.1) is 6.92 Å². The highest BCUT2D eigenvalue weighted by atomic mass is 15.3. The predicted octanol–water partition coefficient (Wildman–Crippen LogP) is 3.87. The van der Waals surface area contributed by atoms with E-state index in [9.17, 15) is 0 Å². The SMILES string of the molecule is Cc1cccc(-c2cc3n(n2)CCN(Cc2ccccc2)C3)c1. The largest absolute Gasteiger partial charge is 0.291 e. The van der Waals surface area contributed by atoms with Crippen LogP contribution in [0.1, 0.15) is 16.8 Å². The first-order chi connectivity index (χ1) is 11.3. The second-order valence-electron chi connectivity index (χ2n) is 6.31. The molecule has 0 bridgehead atoms. The van der Waals surface area contributed by atoms with Crippen LogP contribution >= 0.6 is 0 Å². The van der Waals surface area contributed by atoms with Crippen LogP contribution in [0.4, 0.5) is 0 Å². The lowest BCUT2D eigenvalue weighted by atomic mass is 10.1. The van der Waals surface area contributed by atoms with E-state index in [0.717, 1.165) is 31.9 Å². The summed E-state index contributed by atoms with van der Waals surface area (Å²) in [6.07, 6.45) is 0. The Kier molecular flexibility index (Phi) is 3.72. The lowest BCUT2D eigenvalue weighted by Gasteiger charge is -2.27. The van der Waals surface area contributed by atoms with E-state index in [2.05, 4.69) is 77.2 Å². The van der Waals surface area contributed by atoms with Crippen LogP contribution < -0.4 is 0 Å². The smallest absolute Gasteiger partial charge is 0.0926 e. The van der Waals surface area contributed by atoms with Gasteiger partial charge in [0.1, 0.15) is 0 Å². The van der Waals surface area contributed by atoms with Gasteiger partial charge in [0.15, 0.2) is 0 Å². The number of hydrogen-bond donors (Lipinski definition) is 0. The van der Waals surface area contributed by atoms with Gasteiger partial charge in [-0.3, -0.25) is 9.58 Å². The second-order valence-corrected chi connectivity index (χ2v) is 6.31. The molecule has 1 aromatic heterocycles. The molecule has 3 aromatic rings. The van der Waals surface area contributed by atoms with Crippen molar-refractivity contribution in [1.82, 2.24) is 14.7 Å². The molecule has 0 fully saturated rings. The third-order valence-electron chi connectivity index (χ3n) is 4.44. The molecular weight excluding hydrogens is 282 g/mol. The highest BCUT2D eigenvalue weighted by Gasteiger charge is 2.19. The molecule has 1 aliphatic rings. The van der Waals surface area contributed by atoms with Gasteiger partial charge >= 0.3 is 0 Å². The van der Waals surface area contributed by atoms with Crippen LogP contribution in [-0.4, -0.2) is 21.2 Å². The minimum absolute atomic E-state index is 0.966. The lowest BCUT2D eigenvalue weighted by molar-refractivity contribution is 0.205. The molecular formula is C20H21N3. The molecule has 3 heteroatoms. The molecule has 0 spiro atoms. The molecule has 4 rings (SSSR count). The van der Waals surface area contributed by atoms with Gasteiger partial charge in [0.05, 0.1) is 17.9 Å². The molecule has 116 valence electrons. The average molecular weight is 303 g/mol. The maximum Gasteiger partial charge on any atom is 0.0926 e. The van der Waals surface area contributed by atoms with Gasteiger partial charge < -0.3 is 0 Å². The van der Waals surface area contributed by atoms with Crippen molar-refractivity contribution in [3.8, 4) is 11.3 Å². The Hall–Kier alpha value is -2.39. The Labute approximate surface area is 137 Å². The third kappa shape index (κ3) is 3.06. The molecule has 2 aromatic carbocycles. The number of fused-ring (bicyclic) bond motifs is 1. The predicted molar refractivity (Wildman–Crippen MR) is 93.0 cm³/mol. The van der Waals surface area contributed by atoms with E-state index < -0.39 is 0 Å². The fourth-order valence-electron chi connectivity index (χ4n) is 3.24. The monoisotopic (exact) mass is 303 g/mol. The highest BCUT2D eigenvalue weighted by molar-refractivity contribution is 5.60. The van der Waals surface area contributed by atoms with Gasteiger partial charge in [0.25, 0.3) is 0 Å². The number of aryl methyl sites for hydroxylation is 1. The molecule has 0 aliphatic carbocycles. The lowest BCUT2D eigenvalue weighted by Crippen LogP contribution is -2.33. The molecule has 2 heterocycles. The van der Waals surface area contributed by atoms with Crippen molar-refractivity contribution in [3.05, 3.63) is 77.5 Å². The van der Waals surface area contributed by atoms with Crippen molar-refractivity contribution >= 4 is 0 Å². The van der Waals surface area contributed by atoms with Gasteiger partial charge in [-0.25, -0.2) is 0 Å². The average Bonchev–Trinajstić information content (AvgIpc) is 2.99. The Balaban J connectivity index is 1.54. The van der Waals surface area contributed by atoms with Crippen LogP contribution in [0.15, 0.2) is 60.7 Å². The molecule has 0 saturated carbocycles. The molecule has 0 saturated heterocycles. The standard InChI is InChI=1S/C20H21N3/c1-16-6-5-9-18(12-16)20-13-19-15-22(10-11-23(19)21-20)14-17-7-3-2-4-8-17/h2-9,12-13H,10-11,14-15H2,1H3. The van der Waals surface area contributed by atoms with Crippen LogP contribution in [0.2, 0.25) is 0 Å². The summed E-state index contributed by atoms with van der Waals surface area (Å²) in [7, 11) is 0. The summed E-state index contributed by atoms with van der Waals surface area (Å²) in [6, 6.07) is 21.5. The number of nitrogens with zero attached hydrogens (tertiary/aromatic N) is 3. The fraction of sp³-hybridized carbons (Fsp3) is 0.250. The van der Waals surface area contributed by atoms with Crippen LogP contribution in [0.25, 0.3) is 11.3 Å². The number of benzene rings is 2. The van der Waals surface area contributed by atoms with Crippen LogP contribution in [-0.2, 0) is 19.6 Å². The zero-order valence-corrected chi connectivity index (χ0v) is 13.4. The van der Waals surface area contributed by atoms with Gasteiger partial charge in [0.2, 0.25) is 0 Å². The minimum Gasteiger partial charge on any atom is -0.291 e. The first-order valence-corrected chi connectivity index (χ1v) is 8.18. The van der Waals surface area contributed by atoms with Crippen molar-refractivity contribution in [2.24, 2.45) is 0 Å². The van der Waals surface area contributed by atoms with E-state index in [-0.39, 0.29) is 0 Å². The first kappa shape index (κ1) is 14.2. The quantitative estimate of drug-likeness (QED) is 0.732. The van der Waals surface area contributed by atoms with Crippen molar-refractivity contribution in [3.63, 3.8) is 0 Å². The molecule has 0 unspecified atom stereocenters. The molecule has 0 amide bonds. The van der Waals surface area contributed by atoms with Gasteiger partial charge in [-0.15, -0.1) is 0 Å². The second kappa shape index (κ2) is 6.01. The topological polar surface area (TPSA) is 21.1 Å². The summed E-state index contributed by atoms with van der Waals surface area (Å²) in [6.45, 7) is 6.12. The molecule has 23 heavy (non-hydrogen) atoms. The van der Waals surface area contributed by atoms with E-state index in [1.807, 2.05) is 0 Å². The number of rotatable bonds is 3. The normalized spacial score (nSPS) is 14.7. The number of aromatic nitrogens is 2. The Bertz CT molecular complexity index is 805. The Morgan fingerprint density at radius 3 is 2.65 bits per heavy atom. The molecule has 0 N–H and O–H groups in total. The fourth-order valence-corrected chi connectivity index (χ4v) is 3.24. The van der Waals surface area contributed by atoms with Crippen LogP contribution in [0.5, 0.6) is 0 Å². The van der Waals surface area contributed by atoms with E-state index in [1.165, 1.54) is 22.4 Å². The maximum atomic E-state index is 4.79. The molecule has 0 atom stereocenters. The molecule has 1 aliphatic heterocycles. The number of hydrogen-bond acceptors (Lipinski definition) is 2. The van der Waals surface area contributed by atoms with Crippen molar-refractivity contribution in [1.29, 1.82) is 0 Å². The summed E-state index contributed by atoms with van der Waals surface area (Å²) >= 11 is 0. The van der Waals surface area contributed by atoms with E-state index >= 15 is 0 Å². The molecule has 3 nitrogen and oxygen atoms in total. The summed E-state index contributed by atoms with van der Waals surface area (Å²) < 4.78 is 2.17. The summed E-state index contributed by atoms with van der Waals surface area (Å²) in [5.74, 6) is 0. The maximum absolute atomic E-state index is 4.79. The Morgan fingerprint density at radius 1 is 0.957 bits per heavy atom. The van der Waals surface area contributed by atoms with Crippen LogP contribution in [0.3, 0.4) is 0 Å². The summed E-state index contributed by atoms with van der Waals surface area (Å²) in [5.41, 5.74) is 6.26. The van der Waals surface area contributed by atoms with Gasteiger partial charge in [-0.1, -0.05) is 54.1 Å². The van der Waals surface area contributed by atoms with Gasteiger partial charge in [-0.2, -0.15) is 5.10 Å². The van der Waals surface area contributed by atoms with E-state index in [1.54, 1.807) is 0 Å². The van der Waals surface area contributed by atoms with Gasteiger partial charge in [0, 0.05) is 25.2 Å². The Morgan fingerprint density at radius 2 is 1.83 bits per heavy atom. The zero-order chi connectivity index (χ0) is 15.6. The van der Waals surface area contributed by atoms with Gasteiger partial charge in [-0.05, 0) is 24.6 Å². The van der Waals surface area contributed by atoms with Crippen molar-refractivity contribution in [2.45, 2.75) is 26.6 Å². The summed E-state index contributed by atoms with van der Waals surface area (Å²) in [5, 5.41) is 4.79. The molecule has 0 radical (unpaired) electrons. The zero-order valence-electron chi connectivity index (χ0n) is 13.4. The van der Waals surface area contributed by atoms with Crippen molar-refractivity contribution < 1.29 is 0 Å². The minimum atomic E-state index is 0.966. The summed E-state index contributed by atoms with van der Waals surface area (Å²) in [4.78, 5) is 2.49. The third-order valence-corrected chi connectivity index (χ3v) is 4.44. The van der Waals surface area contributed by atoms with E-state index in [0.29, 0.717) is 0 Å². The van der Waals surface area contributed by atoms with E-state index in [4.69, 9.17) is 5.10 Å². The first-order valence-electron chi connectivity index (χ1n) is 8.18. The van der Waals surface area contributed by atoms with Crippen molar-refractivity contribution in [2.75, 3.05) is 6.54 Å². The highest BCUT2D eigenvalue weighted by Crippen LogP contribution is 2.23.